The van der Waals surface area contributed by atoms with Crippen molar-refractivity contribution in [2.45, 2.75) is 111 Å². The van der Waals surface area contributed by atoms with E-state index in [9.17, 15) is 109 Å². The second-order valence-electron chi connectivity index (χ2n) is 18.9. The summed E-state index contributed by atoms with van der Waals surface area (Å²) in [6.07, 6.45) is -27.8. The number of carbonyl (C=O) groups excluding carboxylic acids is 2. The van der Waals surface area contributed by atoms with Crippen LogP contribution in [0.4, 0.5) is 79.0 Å². The number of nitrogens with zero attached hydrogens (tertiary/aromatic N) is 2. The van der Waals surface area contributed by atoms with E-state index in [0.29, 0.717) is 64.4 Å². The van der Waals surface area contributed by atoms with Gasteiger partial charge in [0.15, 0.2) is 0 Å². The van der Waals surface area contributed by atoms with Gasteiger partial charge in [0.25, 0.3) is 0 Å². The van der Waals surface area contributed by atoms with Crippen LogP contribution >= 0.6 is 0 Å². The lowest BCUT2D eigenvalue weighted by molar-refractivity contribution is -0.705. The fraction of sp³-hybridized carbons (Fsp3) is 0.407. The van der Waals surface area contributed by atoms with Gasteiger partial charge in [-0.25, -0.2) is 9.97 Å². The van der Waals surface area contributed by atoms with Crippen LogP contribution in [0.25, 0.3) is 21.8 Å². The van der Waals surface area contributed by atoms with Gasteiger partial charge >= 0.3 is 37.1 Å². The smallest absolute Gasteiger partial charge is 0.433 e. The topological polar surface area (TPSA) is 198 Å². The number of carboxylic acids is 2. The number of benzene rings is 4. The number of aliphatic carboxylic acids is 2. The van der Waals surface area contributed by atoms with E-state index in [-0.39, 0.29) is 21.9 Å². The van der Waals surface area contributed by atoms with Crippen molar-refractivity contribution in [2.24, 2.45) is 0 Å². The quantitative estimate of drug-likeness (QED) is 0.0965. The number of aromatic nitrogens is 2. The average Bonchev–Trinajstić information content (AvgIpc) is 2.79. The Morgan fingerprint density at radius 1 is 0.488 bits per heavy atom. The number of piperidine rings is 2. The molecule has 0 unspecified atom stereocenters. The van der Waals surface area contributed by atoms with Gasteiger partial charge in [0, 0.05) is 37.8 Å². The fourth-order valence-electron chi connectivity index (χ4n) is 9.54. The maximum atomic E-state index is 13.2. The van der Waals surface area contributed by atoms with Crippen molar-refractivity contribution in [1.29, 1.82) is 0 Å². The van der Waals surface area contributed by atoms with Crippen molar-refractivity contribution in [3.63, 3.8) is 0 Å². The maximum absolute atomic E-state index is 13.2. The Labute approximate surface area is 464 Å². The van der Waals surface area contributed by atoms with Gasteiger partial charge in [-0.05, 0) is 72.2 Å². The third-order valence-electron chi connectivity index (χ3n) is 13.7. The van der Waals surface area contributed by atoms with Crippen LogP contribution < -0.4 is 20.8 Å². The highest BCUT2D eigenvalue weighted by Gasteiger charge is 2.59. The van der Waals surface area contributed by atoms with Gasteiger partial charge in [0.2, 0.25) is 11.2 Å². The summed E-state index contributed by atoms with van der Waals surface area (Å²) in [7, 11) is 1.35. The average molecular weight is 1220 g/mol. The van der Waals surface area contributed by atoms with Gasteiger partial charge < -0.3 is 50.1 Å². The Morgan fingerprint density at radius 2 is 0.810 bits per heavy atom. The van der Waals surface area contributed by atoms with Crippen LogP contribution in [-0.4, -0.2) is 83.9 Å². The van der Waals surface area contributed by atoms with E-state index in [1.165, 1.54) is 48.5 Å². The van der Waals surface area contributed by atoms with Crippen molar-refractivity contribution >= 4 is 33.7 Å². The number of ether oxygens (including phenoxy) is 2. The van der Waals surface area contributed by atoms with Gasteiger partial charge in [0.1, 0.15) is 35.7 Å². The van der Waals surface area contributed by atoms with Gasteiger partial charge in [-0.2, -0.15) is 79.0 Å². The van der Waals surface area contributed by atoms with Crippen LogP contribution in [0, 0.1) is 0 Å². The summed E-state index contributed by atoms with van der Waals surface area (Å²) < 4.78 is 244. The molecule has 2 aliphatic heterocycles. The summed E-state index contributed by atoms with van der Waals surface area (Å²) in [6.45, 7) is 1.43. The Balaban J connectivity index is 0.000000211. The lowest BCUT2D eigenvalue weighted by Crippen LogP contribution is -2.92. The van der Waals surface area contributed by atoms with E-state index in [1.54, 1.807) is 0 Å². The number of methoxy groups -OCH3 is 2. The summed E-state index contributed by atoms with van der Waals surface area (Å²) in [5.74, 6) is -4.68. The van der Waals surface area contributed by atoms with Crippen molar-refractivity contribution < 1.29 is 129 Å². The predicted molar refractivity (Wildman–Crippen MR) is 255 cm³/mol. The Kier molecular flexibility index (Phi) is 21.5. The van der Waals surface area contributed by atoms with E-state index in [1.807, 2.05) is 10.6 Å². The molecule has 0 radical (unpaired) electrons. The van der Waals surface area contributed by atoms with Crippen LogP contribution in [0.3, 0.4) is 0 Å². The highest BCUT2D eigenvalue weighted by molar-refractivity contribution is 5.87. The number of hydrogen-bond donors (Lipinski definition) is 4. The maximum Gasteiger partial charge on any atom is 0.433 e. The molecule has 6 atom stereocenters. The zero-order valence-corrected chi connectivity index (χ0v) is 43.6. The molecule has 2 aromatic heterocycles. The van der Waals surface area contributed by atoms with Crippen molar-refractivity contribution in [3.05, 3.63) is 154 Å². The van der Waals surface area contributed by atoms with E-state index in [4.69, 9.17) is 0 Å². The molecule has 460 valence electrons. The molecule has 0 saturated carbocycles. The third-order valence-corrected chi connectivity index (χ3v) is 13.7. The summed E-state index contributed by atoms with van der Waals surface area (Å²) in [5.41, 5.74) is -15.2. The van der Waals surface area contributed by atoms with Crippen LogP contribution in [0.2, 0.25) is 0 Å². The lowest BCUT2D eigenvalue weighted by atomic mass is 9.91. The van der Waals surface area contributed by atoms with E-state index in [2.05, 4.69) is 19.4 Å². The second kappa shape index (κ2) is 26.6. The molecule has 0 spiro atoms. The largest absolute Gasteiger partial charge is 0.546 e. The molecule has 2 aliphatic rings. The molecular weight excluding hydrogens is 1170 g/mol. The minimum Gasteiger partial charge on any atom is -0.546 e. The van der Waals surface area contributed by atoms with Crippen LogP contribution in [0.15, 0.2) is 109 Å². The molecule has 30 heteroatoms. The number of hydrogen-bond acceptors (Lipinski definition) is 10. The molecule has 84 heavy (non-hydrogen) atoms. The van der Waals surface area contributed by atoms with Gasteiger partial charge in [0.05, 0.1) is 47.2 Å². The first-order valence-electron chi connectivity index (χ1n) is 24.9. The number of carboxylic acid groups (broad SMARTS) is 2. The molecule has 4 aromatic carbocycles. The first kappa shape index (κ1) is 67.9. The Hall–Kier alpha value is -6.86. The molecule has 8 rings (SSSR count). The first-order chi connectivity index (χ1) is 38.9. The van der Waals surface area contributed by atoms with Gasteiger partial charge in [-0.15, -0.1) is 0 Å². The molecule has 12 nitrogen and oxygen atoms in total. The van der Waals surface area contributed by atoms with Gasteiger partial charge in [-0.3, -0.25) is 0 Å². The number of pyridine rings is 2. The Morgan fingerprint density at radius 3 is 1.05 bits per heavy atom. The SMILES string of the molecule is CO[C@@](C(=O)[O-])(c1ccccc1)C(F)(F)F.CO[C@@](C(=O)[O-])(c1ccccc1)C(F)(F)F.O[C@@H](c1cc(C(F)(F)F)nc2c(C(F)(F)F)cccc12)[C@H]1CCCC[NH2+]1.O[C@H](c1cc(C(F)(F)F)nc2c(C(F)(F)F)cccc12)[C@@H]1CCCC[NH2+]1. The zero-order chi connectivity index (χ0) is 63.0. The number of aliphatic hydroxyl groups excluding tert-OH is 2. The van der Waals surface area contributed by atoms with Crippen LogP contribution in [0.5, 0.6) is 0 Å². The Bertz CT molecular complexity index is 2960. The number of fused-ring (bicyclic) bond motifs is 2. The van der Waals surface area contributed by atoms with E-state index < -0.39 is 129 Å². The highest BCUT2D eigenvalue weighted by atomic mass is 19.4. The van der Waals surface area contributed by atoms with Gasteiger partial charge in [-0.1, -0.05) is 84.9 Å². The zero-order valence-electron chi connectivity index (χ0n) is 43.6. The van der Waals surface area contributed by atoms with Crippen molar-refractivity contribution in [3.8, 4) is 0 Å². The molecule has 2 fully saturated rings. The summed E-state index contributed by atoms with van der Waals surface area (Å²) in [6, 6.07) is 18.8. The second-order valence-corrected chi connectivity index (χ2v) is 18.9. The summed E-state index contributed by atoms with van der Waals surface area (Å²) in [4.78, 5) is 28.0. The normalized spacial score (nSPS) is 18.5. The minimum absolute atomic E-state index is 0.112. The number of quaternary nitrogens is 2. The number of para-hydroxylation sites is 2. The fourth-order valence-corrected chi connectivity index (χ4v) is 9.54. The minimum atomic E-state index is -5.10. The molecule has 0 amide bonds. The summed E-state index contributed by atoms with van der Waals surface area (Å²) in [5, 5.41) is 46.1. The monoisotopic (exact) mass is 1220 g/mol. The number of rotatable bonds is 10. The van der Waals surface area contributed by atoms with E-state index in [0.717, 1.165) is 62.1 Å². The lowest BCUT2D eigenvalue weighted by Gasteiger charge is -2.35. The number of halogens is 18. The molecule has 6 aromatic rings. The van der Waals surface area contributed by atoms with E-state index >= 15 is 0 Å². The highest BCUT2D eigenvalue weighted by Crippen LogP contribution is 2.45. The number of carbonyl (C=O) groups is 2. The number of aliphatic hydroxyl groups is 2. The molecule has 4 heterocycles. The molecule has 0 aliphatic carbocycles. The van der Waals surface area contributed by atoms with Crippen molar-refractivity contribution in [2.75, 3.05) is 27.3 Å². The predicted octanol–water partition coefficient (Wildman–Crippen LogP) is 8.52. The molecule has 2 saturated heterocycles. The van der Waals surface area contributed by atoms with Crippen LogP contribution in [-0.2, 0) is 55.0 Å². The number of nitrogens with two attached hydrogens (primary N) is 2. The molecule has 0 bridgehead atoms. The van der Waals surface area contributed by atoms with Crippen LogP contribution in [0.1, 0.15) is 95.5 Å². The number of alkyl halides is 18. The standard InChI is InChI=1S/2C17H16F6N2O.2C10H9F3O3/c2*18-16(19,20)11-5-3-4-9-10(15(26)12-6-1-2-7-24-12)8-13(17(21,22)23)25-14(9)11;2*1-16-9(8(14)15,10(11,12)13)7-5-3-2-4-6-7/h2*3-5,8,12,15,24,26H,1-2,6-7H2;2*2-6H,1H3,(H,14,15)/t2*12-,15+;2*9-/m1011/s1. The molecular formula is C54H50F18N4O8. The first-order valence-corrected chi connectivity index (χ1v) is 24.9. The summed E-state index contributed by atoms with van der Waals surface area (Å²) >= 11 is 0. The molecule has 6 N–H and O–H groups in total. The van der Waals surface area contributed by atoms with Crippen molar-refractivity contribution in [1.82, 2.24) is 9.97 Å². The third kappa shape index (κ3) is 15.1.